The maximum absolute atomic E-state index is 13.8. The van der Waals surface area contributed by atoms with Crippen LogP contribution in [0.2, 0.25) is 0 Å². The highest BCUT2D eigenvalue weighted by Crippen LogP contribution is 2.37. The van der Waals surface area contributed by atoms with Gasteiger partial charge in [-0.25, -0.2) is 14.0 Å². The van der Waals surface area contributed by atoms with Crippen LogP contribution in [0.1, 0.15) is 73.4 Å². The minimum absolute atomic E-state index is 0.0204. The summed E-state index contributed by atoms with van der Waals surface area (Å²) in [7, 11) is 0. The van der Waals surface area contributed by atoms with Gasteiger partial charge in [-0.1, -0.05) is 26.3 Å². The topological polar surface area (TPSA) is 70.7 Å². The number of piperidine rings is 1. The highest BCUT2D eigenvalue weighted by molar-refractivity contribution is 5.75. The van der Waals surface area contributed by atoms with Crippen molar-refractivity contribution in [3.05, 3.63) is 70.0 Å². The summed E-state index contributed by atoms with van der Waals surface area (Å²) in [5.74, 6) is -0.948. The van der Waals surface area contributed by atoms with Crippen molar-refractivity contribution in [3.8, 4) is 0 Å². The first-order chi connectivity index (χ1) is 20.1. The monoisotopic (exact) mass is 619 g/mol. The van der Waals surface area contributed by atoms with Gasteiger partial charge >= 0.3 is 24.5 Å². The molecule has 0 bridgehead atoms. The molecule has 13 heteroatoms. The third-order valence-corrected chi connectivity index (χ3v) is 7.34. The number of nitrogens with zero attached hydrogens (tertiary/aromatic N) is 1. The van der Waals surface area contributed by atoms with Crippen LogP contribution in [-0.4, -0.2) is 42.8 Å². The normalized spacial score (nSPS) is 18.2. The molecule has 2 N–H and O–H groups in total. The van der Waals surface area contributed by atoms with Crippen LogP contribution in [0, 0.1) is 18.7 Å². The second kappa shape index (κ2) is 14.3. The Hall–Kier alpha value is -3.51. The summed E-state index contributed by atoms with van der Waals surface area (Å²) < 4.78 is 98.5. The fourth-order valence-corrected chi connectivity index (χ4v) is 5.14. The molecule has 0 saturated carbocycles. The average Bonchev–Trinajstić information content (AvgIpc) is 2.91. The molecule has 43 heavy (non-hydrogen) atoms. The molecule has 6 nitrogen and oxygen atoms in total. The van der Waals surface area contributed by atoms with Crippen LogP contribution in [0.4, 0.5) is 40.3 Å². The zero-order valence-corrected chi connectivity index (χ0v) is 24.2. The van der Waals surface area contributed by atoms with Crippen LogP contribution < -0.4 is 10.6 Å². The van der Waals surface area contributed by atoms with Crippen molar-refractivity contribution in [1.29, 1.82) is 0 Å². The third-order valence-electron chi connectivity index (χ3n) is 7.34. The molecule has 0 radical (unpaired) electrons. The zero-order chi connectivity index (χ0) is 31.9. The number of hydrogen-bond donors (Lipinski definition) is 2. The Morgan fingerprint density at radius 2 is 1.70 bits per heavy atom. The Labute approximate surface area is 246 Å². The number of ether oxygens (including phenoxy) is 1. The van der Waals surface area contributed by atoms with Gasteiger partial charge in [-0.3, -0.25) is 0 Å². The highest BCUT2D eigenvalue weighted by Gasteiger charge is 2.37. The molecular weight excluding hydrogens is 583 g/mol. The van der Waals surface area contributed by atoms with Crippen molar-refractivity contribution in [2.75, 3.05) is 19.7 Å². The lowest BCUT2D eigenvalue weighted by Gasteiger charge is -2.40. The van der Waals surface area contributed by atoms with E-state index in [9.17, 15) is 40.3 Å². The highest BCUT2D eigenvalue weighted by atomic mass is 19.4. The maximum atomic E-state index is 13.8. The number of carbonyl (C=O) groups is 2. The molecule has 1 aliphatic heterocycles. The molecule has 1 fully saturated rings. The number of likely N-dealkylation sites (tertiary alicyclic amines) is 1. The van der Waals surface area contributed by atoms with E-state index in [1.807, 2.05) is 6.92 Å². The van der Waals surface area contributed by atoms with Crippen LogP contribution in [-0.2, 0) is 23.5 Å². The van der Waals surface area contributed by atoms with Gasteiger partial charge in [0.1, 0.15) is 5.82 Å². The van der Waals surface area contributed by atoms with Crippen LogP contribution in [0.3, 0.4) is 0 Å². The molecular formula is C30H36F7N3O3. The van der Waals surface area contributed by atoms with E-state index in [1.165, 1.54) is 12.1 Å². The van der Waals surface area contributed by atoms with Gasteiger partial charge in [-0.2, -0.15) is 26.3 Å². The minimum Gasteiger partial charge on any atom is -0.450 e. The van der Waals surface area contributed by atoms with Gasteiger partial charge in [-0.05, 0) is 85.5 Å². The summed E-state index contributed by atoms with van der Waals surface area (Å²) in [6, 6.07) is 4.29. The second-order valence-corrected chi connectivity index (χ2v) is 11.0. The van der Waals surface area contributed by atoms with Gasteiger partial charge in [0.25, 0.3) is 0 Å². The molecule has 1 aliphatic rings. The number of alkyl carbamates (subject to hydrolysis) is 1. The summed E-state index contributed by atoms with van der Waals surface area (Å²) >= 11 is 0. The lowest BCUT2D eigenvalue weighted by molar-refractivity contribution is -0.143. The molecule has 2 aromatic rings. The molecule has 0 aliphatic carbocycles. The van der Waals surface area contributed by atoms with E-state index in [0.717, 1.165) is 12.8 Å². The van der Waals surface area contributed by atoms with Crippen LogP contribution >= 0.6 is 0 Å². The van der Waals surface area contributed by atoms with Crippen molar-refractivity contribution in [2.45, 2.75) is 77.3 Å². The van der Waals surface area contributed by atoms with E-state index in [2.05, 4.69) is 10.6 Å². The van der Waals surface area contributed by atoms with E-state index in [4.69, 9.17) is 4.74 Å². The van der Waals surface area contributed by atoms with E-state index >= 15 is 0 Å². The minimum atomic E-state index is -4.95. The number of aryl methyl sites for hydroxylation is 1. The molecule has 1 heterocycles. The summed E-state index contributed by atoms with van der Waals surface area (Å²) in [5, 5.41) is 5.56. The maximum Gasteiger partial charge on any atom is 0.416 e. The number of hydrogen-bond acceptors (Lipinski definition) is 3. The van der Waals surface area contributed by atoms with Crippen molar-refractivity contribution in [3.63, 3.8) is 0 Å². The molecule has 238 valence electrons. The number of carbonyl (C=O) groups excluding carboxylic acids is 2. The molecule has 2 aromatic carbocycles. The molecule has 1 saturated heterocycles. The number of alkyl halides is 6. The SMILES string of the molecule is CCCCOC(=O)N[C@H]1CCN(C(=O)NCC(C)Cc2cc(C(F)(F)F)cc(C(F)(F)F)c2)[C@@H](c2ccc(F)cc2C)C1. The lowest BCUT2D eigenvalue weighted by Crippen LogP contribution is -2.51. The largest absolute Gasteiger partial charge is 0.450 e. The Bertz CT molecular complexity index is 1230. The fraction of sp³-hybridized carbons (Fsp3) is 0.533. The number of rotatable bonds is 9. The van der Waals surface area contributed by atoms with E-state index in [1.54, 1.807) is 24.8 Å². The van der Waals surface area contributed by atoms with Gasteiger partial charge in [0.05, 0.1) is 23.8 Å². The van der Waals surface area contributed by atoms with Gasteiger partial charge in [0, 0.05) is 19.1 Å². The van der Waals surface area contributed by atoms with Crippen LogP contribution in [0.15, 0.2) is 36.4 Å². The van der Waals surface area contributed by atoms with Crippen molar-refractivity contribution in [1.82, 2.24) is 15.5 Å². The second-order valence-electron chi connectivity index (χ2n) is 11.0. The molecule has 3 atom stereocenters. The first-order valence-corrected chi connectivity index (χ1v) is 14.1. The Kier molecular flexibility index (Phi) is 11.3. The summed E-state index contributed by atoms with van der Waals surface area (Å²) in [4.78, 5) is 27.1. The van der Waals surface area contributed by atoms with Gasteiger partial charge < -0.3 is 20.3 Å². The Morgan fingerprint density at radius 3 is 2.28 bits per heavy atom. The van der Waals surface area contributed by atoms with Gasteiger partial charge in [-0.15, -0.1) is 0 Å². The smallest absolute Gasteiger partial charge is 0.416 e. The zero-order valence-electron chi connectivity index (χ0n) is 24.2. The standard InChI is InChI=1S/C30H36F7N3O3/c1-4-5-10-43-28(42)39-24-8-9-40(26(16-24)25-7-6-23(31)12-19(25)3)27(41)38-17-18(2)11-20-13-21(29(32,33)34)15-22(14-20)30(35,36)37/h6-7,12-15,18,24,26H,4-5,8-11,16-17H2,1-3H3,(H,38,41)(H,39,42)/t18?,24-,26+/m0/s1. The fourth-order valence-electron chi connectivity index (χ4n) is 5.14. The summed E-state index contributed by atoms with van der Waals surface area (Å²) in [6.45, 7) is 5.76. The molecule has 3 rings (SSSR count). The van der Waals surface area contributed by atoms with Crippen LogP contribution in [0.5, 0.6) is 0 Å². The third kappa shape index (κ3) is 9.75. The average molecular weight is 620 g/mol. The first-order valence-electron chi connectivity index (χ1n) is 14.1. The predicted molar refractivity (Wildman–Crippen MR) is 146 cm³/mol. The summed E-state index contributed by atoms with van der Waals surface area (Å²) in [6.07, 6.45) is -8.29. The molecule has 0 aromatic heterocycles. The number of amides is 3. The molecule has 1 unspecified atom stereocenters. The summed E-state index contributed by atoms with van der Waals surface area (Å²) in [5.41, 5.74) is -1.65. The lowest BCUT2D eigenvalue weighted by atomic mass is 9.89. The Morgan fingerprint density at radius 1 is 1.05 bits per heavy atom. The van der Waals surface area contributed by atoms with Crippen molar-refractivity contribution < 1.29 is 45.1 Å². The molecule has 0 spiro atoms. The number of halogens is 7. The van der Waals surface area contributed by atoms with E-state index < -0.39 is 53.4 Å². The van der Waals surface area contributed by atoms with E-state index in [0.29, 0.717) is 36.1 Å². The number of unbranched alkanes of at least 4 members (excludes halogenated alkanes) is 1. The number of urea groups is 1. The number of nitrogens with one attached hydrogen (secondary N) is 2. The van der Waals surface area contributed by atoms with Crippen molar-refractivity contribution >= 4 is 12.1 Å². The van der Waals surface area contributed by atoms with Gasteiger partial charge in [0.15, 0.2) is 0 Å². The predicted octanol–water partition coefficient (Wildman–Crippen LogP) is 7.79. The first kappa shape index (κ1) is 34.0. The quantitative estimate of drug-likeness (QED) is 0.222. The van der Waals surface area contributed by atoms with Gasteiger partial charge in [0.2, 0.25) is 0 Å². The van der Waals surface area contributed by atoms with Crippen LogP contribution in [0.25, 0.3) is 0 Å². The van der Waals surface area contributed by atoms with E-state index in [-0.39, 0.29) is 43.8 Å². The van der Waals surface area contributed by atoms with Crippen molar-refractivity contribution in [2.24, 2.45) is 5.92 Å². The molecule has 3 amide bonds. The Balaban J connectivity index is 1.71. The number of benzene rings is 2.